The van der Waals surface area contributed by atoms with E-state index in [0.717, 1.165) is 25.7 Å². The quantitative estimate of drug-likeness (QED) is 0.653. The van der Waals surface area contributed by atoms with Gasteiger partial charge in [0.15, 0.2) is 0 Å². The molecule has 0 aromatic carbocycles. The van der Waals surface area contributed by atoms with E-state index in [-0.39, 0.29) is 25.7 Å². The molecule has 0 atom stereocenters. The van der Waals surface area contributed by atoms with Crippen molar-refractivity contribution in [2.75, 3.05) is 19.7 Å². The number of aliphatic hydroxyl groups excluding tert-OH is 1. The number of aliphatic hydroxyl groups is 1. The lowest BCUT2D eigenvalue weighted by Gasteiger charge is -2.33. The molecule has 2 amide bonds. The Labute approximate surface area is 101 Å². The molecular weight excluding hydrogens is 224 g/mol. The average molecular weight is 244 g/mol. The molecule has 0 aromatic rings. The molecule has 98 valence electrons. The molecule has 1 aliphatic rings. The van der Waals surface area contributed by atoms with Crippen molar-refractivity contribution in [2.24, 2.45) is 0 Å². The lowest BCUT2D eigenvalue weighted by molar-refractivity contribution is -0.135. The number of amides is 2. The Morgan fingerprint density at radius 2 is 1.88 bits per heavy atom. The van der Waals surface area contributed by atoms with Gasteiger partial charge in [0.05, 0.1) is 6.61 Å². The number of carbonyl (C=O) groups excluding carboxylic acids is 1. The van der Waals surface area contributed by atoms with E-state index < -0.39 is 12.0 Å². The number of rotatable bonds is 5. The van der Waals surface area contributed by atoms with Crippen molar-refractivity contribution in [3.05, 3.63) is 0 Å². The fraction of sp³-hybridized carbons (Fsp3) is 0.818. The zero-order valence-corrected chi connectivity index (χ0v) is 9.89. The number of carboxylic acid groups (broad SMARTS) is 1. The first kappa shape index (κ1) is 13.8. The fourth-order valence-corrected chi connectivity index (χ4v) is 2.20. The van der Waals surface area contributed by atoms with Crippen LogP contribution in [-0.4, -0.2) is 52.9 Å². The zero-order valence-electron chi connectivity index (χ0n) is 9.89. The van der Waals surface area contributed by atoms with Gasteiger partial charge < -0.3 is 20.4 Å². The molecule has 0 heterocycles. The van der Waals surface area contributed by atoms with Crippen molar-refractivity contribution >= 4 is 12.0 Å². The Kier molecular flexibility index (Phi) is 5.76. The van der Waals surface area contributed by atoms with Gasteiger partial charge >= 0.3 is 12.0 Å². The summed E-state index contributed by atoms with van der Waals surface area (Å²) in [4.78, 5) is 23.7. The third-order valence-electron chi connectivity index (χ3n) is 3.01. The van der Waals surface area contributed by atoms with E-state index >= 15 is 0 Å². The van der Waals surface area contributed by atoms with Crippen molar-refractivity contribution in [1.82, 2.24) is 10.2 Å². The molecule has 0 aromatic heterocycles. The Hall–Kier alpha value is -1.30. The standard InChI is InChI=1S/C11H20N2O4/c14-7-6-13(9-4-2-1-3-5-9)11(17)12-8-10(15)16/h9,14H,1-8H2,(H,12,17)(H,15,16). The largest absolute Gasteiger partial charge is 0.480 e. The van der Waals surface area contributed by atoms with Crippen molar-refractivity contribution in [3.63, 3.8) is 0 Å². The number of urea groups is 1. The Bertz CT molecular complexity index is 264. The second-order valence-electron chi connectivity index (χ2n) is 4.26. The molecule has 0 spiro atoms. The number of hydrogen-bond acceptors (Lipinski definition) is 3. The van der Waals surface area contributed by atoms with Crippen LogP contribution >= 0.6 is 0 Å². The minimum Gasteiger partial charge on any atom is -0.480 e. The number of hydrogen-bond donors (Lipinski definition) is 3. The normalized spacial score (nSPS) is 16.5. The van der Waals surface area contributed by atoms with Gasteiger partial charge in [-0.25, -0.2) is 4.79 Å². The number of nitrogens with zero attached hydrogens (tertiary/aromatic N) is 1. The van der Waals surface area contributed by atoms with E-state index in [0.29, 0.717) is 0 Å². The monoisotopic (exact) mass is 244 g/mol. The molecule has 0 radical (unpaired) electrons. The Morgan fingerprint density at radius 1 is 1.24 bits per heavy atom. The van der Waals surface area contributed by atoms with Crippen LogP contribution in [0, 0.1) is 0 Å². The van der Waals surface area contributed by atoms with Crippen LogP contribution in [0.2, 0.25) is 0 Å². The van der Waals surface area contributed by atoms with Gasteiger partial charge in [-0.05, 0) is 12.8 Å². The highest BCUT2D eigenvalue weighted by molar-refractivity contribution is 5.80. The summed E-state index contributed by atoms with van der Waals surface area (Å²) in [5.41, 5.74) is 0. The van der Waals surface area contributed by atoms with Crippen LogP contribution in [-0.2, 0) is 4.79 Å². The summed E-state index contributed by atoms with van der Waals surface area (Å²) in [7, 11) is 0. The number of aliphatic carboxylic acids is 1. The lowest BCUT2D eigenvalue weighted by atomic mass is 9.94. The van der Waals surface area contributed by atoms with E-state index in [1.807, 2.05) is 0 Å². The predicted octanol–water partition coefficient (Wildman–Crippen LogP) is 0.408. The highest BCUT2D eigenvalue weighted by Crippen LogP contribution is 2.22. The van der Waals surface area contributed by atoms with Gasteiger partial charge in [-0.2, -0.15) is 0 Å². The number of carbonyl (C=O) groups is 2. The van der Waals surface area contributed by atoms with Crippen molar-refractivity contribution in [3.8, 4) is 0 Å². The molecule has 3 N–H and O–H groups in total. The highest BCUT2D eigenvalue weighted by Gasteiger charge is 2.24. The van der Waals surface area contributed by atoms with E-state index in [1.54, 1.807) is 4.90 Å². The molecule has 17 heavy (non-hydrogen) atoms. The van der Waals surface area contributed by atoms with Gasteiger partial charge in [0, 0.05) is 12.6 Å². The molecule has 0 aliphatic heterocycles. The first-order valence-corrected chi connectivity index (χ1v) is 6.02. The minimum absolute atomic E-state index is 0.100. The summed E-state index contributed by atoms with van der Waals surface area (Å²) < 4.78 is 0. The van der Waals surface area contributed by atoms with Crippen LogP contribution in [0.1, 0.15) is 32.1 Å². The zero-order chi connectivity index (χ0) is 12.7. The maximum Gasteiger partial charge on any atom is 0.323 e. The van der Waals surface area contributed by atoms with Gasteiger partial charge in [0.1, 0.15) is 6.54 Å². The third kappa shape index (κ3) is 4.60. The summed E-state index contributed by atoms with van der Waals surface area (Å²) in [6, 6.07) is -0.266. The van der Waals surface area contributed by atoms with Crippen LogP contribution in [0.5, 0.6) is 0 Å². The van der Waals surface area contributed by atoms with Crippen LogP contribution < -0.4 is 5.32 Å². The minimum atomic E-state index is -1.06. The van der Waals surface area contributed by atoms with E-state index in [2.05, 4.69) is 5.32 Å². The van der Waals surface area contributed by atoms with Gasteiger partial charge in [0.2, 0.25) is 0 Å². The molecule has 0 saturated heterocycles. The van der Waals surface area contributed by atoms with Crippen LogP contribution in [0.25, 0.3) is 0 Å². The highest BCUT2D eigenvalue weighted by atomic mass is 16.4. The van der Waals surface area contributed by atoms with E-state index in [4.69, 9.17) is 10.2 Å². The van der Waals surface area contributed by atoms with Crippen LogP contribution in [0.4, 0.5) is 4.79 Å². The first-order valence-electron chi connectivity index (χ1n) is 6.02. The maximum atomic E-state index is 11.8. The van der Waals surface area contributed by atoms with Crippen LogP contribution in [0.3, 0.4) is 0 Å². The molecule has 0 bridgehead atoms. The Morgan fingerprint density at radius 3 is 2.41 bits per heavy atom. The molecule has 6 nitrogen and oxygen atoms in total. The fourth-order valence-electron chi connectivity index (χ4n) is 2.20. The third-order valence-corrected chi connectivity index (χ3v) is 3.01. The maximum absolute atomic E-state index is 11.8. The summed E-state index contributed by atoms with van der Waals surface area (Å²) in [5.74, 6) is -1.06. The van der Waals surface area contributed by atoms with Gasteiger partial charge in [-0.15, -0.1) is 0 Å². The summed E-state index contributed by atoms with van der Waals surface area (Å²) >= 11 is 0. The second-order valence-corrected chi connectivity index (χ2v) is 4.26. The summed E-state index contributed by atoms with van der Waals surface area (Å²) in [6.45, 7) is -0.222. The summed E-state index contributed by atoms with van der Waals surface area (Å²) in [6.07, 6.45) is 5.21. The molecule has 6 heteroatoms. The molecule has 1 rings (SSSR count). The molecule has 1 saturated carbocycles. The predicted molar refractivity (Wildman–Crippen MR) is 61.7 cm³/mol. The van der Waals surface area contributed by atoms with Crippen molar-refractivity contribution in [1.29, 1.82) is 0 Å². The van der Waals surface area contributed by atoms with Gasteiger partial charge in [-0.1, -0.05) is 19.3 Å². The number of nitrogens with one attached hydrogen (secondary N) is 1. The number of carboxylic acids is 1. The SMILES string of the molecule is O=C(O)CNC(=O)N(CCO)C1CCCCC1. The molecule has 1 aliphatic carbocycles. The lowest BCUT2D eigenvalue weighted by Crippen LogP contribution is -2.49. The molecule has 0 unspecified atom stereocenters. The first-order chi connectivity index (χ1) is 8.15. The second kappa shape index (κ2) is 7.11. The van der Waals surface area contributed by atoms with Crippen molar-refractivity contribution < 1.29 is 19.8 Å². The summed E-state index contributed by atoms with van der Waals surface area (Å²) in [5, 5.41) is 19.8. The smallest absolute Gasteiger partial charge is 0.323 e. The topological polar surface area (TPSA) is 89.9 Å². The van der Waals surface area contributed by atoms with Gasteiger partial charge in [-0.3, -0.25) is 4.79 Å². The van der Waals surface area contributed by atoms with Crippen LogP contribution in [0.15, 0.2) is 0 Å². The van der Waals surface area contributed by atoms with Crippen molar-refractivity contribution in [2.45, 2.75) is 38.1 Å². The van der Waals surface area contributed by atoms with E-state index in [9.17, 15) is 9.59 Å². The Balaban J connectivity index is 2.50. The molecule has 1 fully saturated rings. The van der Waals surface area contributed by atoms with Gasteiger partial charge in [0.25, 0.3) is 0 Å². The molecular formula is C11H20N2O4. The average Bonchev–Trinajstić information content (AvgIpc) is 2.34. The van der Waals surface area contributed by atoms with E-state index in [1.165, 1.54) is 6.42 Å².